The quantitative estimate of drug-likeness (QED) is 0.369. The molecule has 4 rings (SSSR count). The van der Waals surface area contributed by atoms with E-state index in [4.69, 9.17) is 9.47 Å². The van der Waals surface area contributed by atoms with Gasteiger partial charge in [-0.25, -0.2) is 4.79 Å². The van der Waals surface area contributed by atoms with Crippen LogP contribution in [0.15, 0.2) is 72.8 Å². The normalized spacial score (nSPS) is 12.1. The molecule has 0 saturated carbocycles. The lowest BCUT2D eigenvalue weighted by molar-refractivity contribution is 0.0485. The summed E-state index contributed by atoms with van der Waals surface area (Å²) in [5, 5.41) is 0. The van der Waals surface area contributed by atoms with Crippen molar-refractivity contribution in [1.29, 1.82) is 0 Å². The Morgan fingerprint density at radius 1 is 0.690 bits per heavy atom. The molecule has 0 bridgehead atoms. The molecule has 3 aromatic rings. The van der Waals surface area contributed by atoms with Gasteiger partial charge in [-0.05, 0) is 30.3 Å². The molecular weight excluding hydrogens is 368 g/mol. The van der Waals surface area contributed by atoms with Crippen LogP contribution in [-0.2, 0) is 4.74 Å². The molecule has 0 fully saturated rings. The van der Waals surface area contributed by atoms with E-state index in [1.165, 1.54) is 18.2 Å². The predicted octanol–water partition coefficient (Wildman–Crippen LogP) is 4.09. The monoisotopic (exact) mass is 386 g/mol. The molecule has 5 nitrogen and oxygen atoms in total. The first-order valence-corrected chi connectivity index (χ1v) is 9.32. The van der Waals surface area contributed by atoms with E-state index in [1.54, 1.807) is 24.3 Å². The van der Waals surface area contributed by atoms with Crippen molar-refractivity contribution in [2.75, 3.05) is 13.2 Å². The average molecular weight is 386 g/mol. The molecular formula is C24H18O5. The maximum Gasteiger partial charge on any atom is 0.338 e. The van der Waals surface area contributed by atoms with Gasteiger partial charge in [-0.3, -0.25) is 9.59 Å². The van der Waals surface area contributed by atoms with E-state index in [1.807, 2.05) is 30.3 Å². The van der Waals surface area contributed by atoms with Crippen molar-refractivity contribution in [2.24, 2.45) is 0 Å². The highest BCUT2D eigenvalue weighted by atomic mass is 16.5. The van der Waals surface area contributed by atoms with Gasteiger partial charge in [0.2, 0.25) is 0 Å². The summed E-state index contributed by atoms with van der Waals surface area (Å²) >= 11 is 0. The van der Waals surface area contributed by atoms with Gasteiger partial charge in [0, 0.05) is 28.7 Å². The predicted molar refractivity (Wildman–Crippen MR) is 107 cm³/mol. The van der Waals surface area contributed by atoms with Crippen molar-refractivity contribution in [3.05, 3.63) is 101 Å². The number of carbonyl (C=O) groups excluding carboxylic acids is 3. The highest BCUT2D eigenvalue weighted by Gasteiger charge is 2.30. The van der Waals surface area contributed by atoms with Crippen LogP contribution in [0.2, 0.25) is 0 Å². The molecule has 1 aliphatic carbocycles. The molecule has 3 aromatic carbocycles. The van der Waals surface area contributed by atoms with Crippen LogP contribution >= 0.6 is 0 Å². The number of esters is 1. The number of para-hydroxylation sites is 1. The Hall–Kier alpha value is -3.73. The fourth-order valence-electron chi connectivity index (χ4n) is 3.24. The minimum absolute atomic E-state index is 0.193. The Bertz CT molecular complexity index is 1090. The second-order valence-electron chi connectivity index (χ2n) is 6.62. The zero-order chi connectivity index (χ0) is 20.2. The van der Waals surface area contributed by atoms with Crippen LogP contribution in [0.25, 0.3) is 0 Å². The summed E-state index contributed by atoms with van der Waals surface area (Å²) in [7, 11) is 0. The molecule has 0 amide bonds. The summed E-state index contributed by atoms with van der Waals surface area (Å²) in [4.78, 5) is 37.7. The highest BCUT2D eigenvalue weighted by Crippen LogP contribution is 2.28. The van der Waals surface area contributed by atoms with Crippen molar-refractivity contribution >= 4 is 17.5 Å². The lowest BCUT2D eigenvalue weighted by atomic mass is 9.83. The molecule has 5 heteroatoms. The lowest BCUT2D eigenvalue weighted by Gasteiger charge is -2.17. The molecule has 29 heavy (non-hydrogen) atoms. The van der Waals surface area contributed by atoms with Crippen LogP contribution in [0.5, 0.6) is 5.75 Å². The zero-order valence-electron chi connectivity index (χ0n) is 15.6. The maximum absolute atomic E-state index is 12.7. The average Bonchev–Trinajstić information content (AvgIpc) is 2.77. The molecule has 0 aliphatic heterocycles. The van der Waals surface area contributed by atoms with Gasteiger partial charge in [-0.1, -0.05) is 42.5 Å². The third-order valence-electron chi connectivity index (χ3n) is 4.69. The second-order valence-corrected chi connectivity index (χ2v) is 6.62. The number of ketones is 2. The minimum atomic E-state index is -0.536. The largest absolute Gasteiger partial charge is 0.493 e. The summed E-state index contributed by atoms with van der Waals surface area (Å²) in [6, 6.07) is 20.6. The number of ether oxygens (including phenoxy) is 2. The standard InChI is InChI=1S/C24H18O5/c25-22-18-9-4-5-10-19(18)23(26)21-15-16(11-12-20(21)22)24(27)29-14-6-13-28-17-7-2-1-3-8-17/h1-5,7-12,15H,6,13-14H2. The Morgan fingerprint density at radius 3 is 2.03 bits per heavy atom. The number of hydrogen-bond donors (Lipinski definition) is 0. The topological polar surface area (TPSA) is 69.7 Å². The van der Waals surface area contributed by atoms with E-state index in [2.05, 4.69) is 0 Å². The van der Waals surface area contributed by atoms with E-state index < -0.39 is 5.97 Å². The van der Waals surface area contributed by atoms with Crippen LogP contribution in [0.1, 0.15) is 48.6 Å². The second kappa shape index (κ2) is 8.10. The number of hydrogen-bond acceptors (Lipinski definition) is 5. The van der Waals surface area contributed by atoms with Gasteiger partial charge in [-0.2, -0.15) is 0 Å². The molecule has 0 aromatic heterocycles. The maximum atomic E-state index is 12.7. The Labute approximate surface area is 167 Å². The summed E-state index contributed by atoms with van der Waals surface area (Å²) < 4.78 is 10.8. The summed E-state index contributed by atoms with van der Waals surface area (Å²) in [5.74, 6) is -0.252. The van der Waals surface area contributed by atoms with Crippen LogP contribution in [0.3, 0.4) is 0 Å². The highest BCUT2D eigenvalue weighted by molar-refractivity contribution is 6.28. The van der Waals surface area contributed by atoms with Crippen LogP contribution in [0, 0.1) is 0 Å². The number of rotatable bonds is 6. The van der Waals surface area contributed by atoms with Gasteiger partial charge in [-0.15, -0.1) is 0 Å². The summed E-state index contributed by atoms with van der Waals surface area (Å²) in [6.45, 7) is 0.615. The fraction of sp³-hybridized carbons (Fsp3) is 0.125. The van der Waals surface area contributed by atoms with Crippen molar-refractivity contribution in [3.63, 3.8) is 0 Å². The van der Waals surface area contributed by atoms with Crippen LogP contribution in [0.4, 0.5) is 0 Å². The first kappa shape index (κ1) is 18.6. The van der Waals surface area contributed by atoms with E-state index in [0.717, 1.165) is 5.75 Å². The smallest absolute Gasteiger partial charge is 0.338 e. The molecule has 1 aliphatic rings. The fourth-order valence-corrected chi connectivity index (χ4v) is 3.24. The van der Waals surface area contributed by atoms with E-state index in [-0.39, 0.29) is 29.3 Å². The van der Waals surface area contributed by atoms with E-state index >= 15 is 0 Å². The molecule has 0 radical (unpaired) electrons. The summed E-state index contributed by atoms with van der Waals surface area (Å²) in [5.41, 5.74) is 1.53. The molecule has 0 atom stereocenters. The van der Waals surface area contributed by atoms with E-state index in [0.29, 0.717) is 29.7 Å². The van der Waals surface area contributed by atoms with Gasteiger partial charge in [0.25, 0.3) is 0 Å². The zero-order valence-corrected chi connectivity index (χ0v) is 15.6. The molecule has 0 unspecified atom stereocenters. The van der Waals surface area contributed by atoms with E-state index in [9.17, 15) is 14.4 Å². The van der Waals surface area contributed by atoms with Crippen LogP contribution < -0.4 is 4.74 Å². The third kappa shape index (κ3) is 3.80. The van der Waals surface area contributed by atoms with Gasteiger partial charge in [0.05, 0.1) is 18.8 Å². The van der Waals surface area contributed by atoms with Crippen molar-refractivity contribution in [2.45, 2.75) is 6.42 Å². The first-order valence-electron chi connectivity index (χ1n) is 9.32. The van der Waals surface area contributed by atoms with Crippen molar-refractivity contribution < 1.29 is 23.9 Å². The molecule has 0 N–H and O–H groups in total. The SMILES string of the molecule is O=C(OCCCOc1ccccc1)c1ccc2c(c1)C(=O)c1ccccc1C2=O. The van der Waals surface area contributed by atoms with Gasteiger partial charge in [0.1, 0.15) is 5.75 Å². The lowest BCUT2D eigenvalue weighted by Crippen LogP contribution is -2.21. The van der Waals surface area contributed by atoms with Crippen molar-refractivity contribution in [3.8, 4) is 5.75 Å². The molecule has 0 saturated heterocycles. The van der Waals surface area contributed by atoms with Gasteiger partial charge >= 0.3 is 5.97 Å². The van der Waals surface area contributed by atoms with Gasteiger partial charge in [0.15, 0.2) is 11.6 Å². The molecule has 0 heterocycles. The third-order valence-corrected chi connectivity index (χ3v) is 4.69. The Balaban J connectivity index is 1.39. The Kier molecular flexibility index (Phi) is 5.20. The number of carbonyl (C=O) groups is 3. The molecule has 0 spiro atoms. The number of fused-ring (bicyclic) bond motifs is 2. The first-order chi connectivity index (χ1) is 14.1. The van der Waals surface area contributed by atoms with Crippen LogP contribution in [-0.4, -0.2) is 30.7 Å². The number of benzene rings is 3. The summed E-state index contributed by atoms with van der Waals surface area (Å²) in [6.07, 6.45) is 0.538. The van der Waals surface area contributed by atoms with Crippen molar-refractivity contribution in [1.82, 2.24) is 0 Å². The molecule has 144 valence electrons. The van der Waals surface area contributed by atoms with Gasteiger partial charge < -0.3 is 9.47 Å². The Morgan fingerprint density at radius 2 is 1.31 bits per heavy atom. The minimum Gasteiger partial charge on any atom is -0.493 e.